The number of aromatic nitrogens is 2. The molecule has 10 aromatic rings. The number of nitrogens with one attached hydrogen (secondary N) is 2. The predicted molar refractivity (Wildman–Crippen MR) is 210 cm³/mol. The Hall–Kier alpha value is -6.92. The van der Waals surface area contributed by atoms with Crippen LogP contribution in [0.2, 0.25) is 0 Å². The number of nitrogens with zero attached hydrogens (tertiary/aromatic N) is 2. The van der Waals surface area contributed by atoms with Crippen LogP contribution in [0.3, 0.4) is 0 Å². The first kappa shape index (κ1) is 29.9. The Kier molecular flexibility index (Phi) is 6.83. The van der Waals surface area contributed by atoms with E-state index in [9.17, 15) is 9.59 Å². The molecule has 0 bridgehead atoms. The summed E-state index contributed by atoms with van der Waals surface area (Å²) in [4.78, 5) is 35.4. The van der Waals surface area contributed by atoms with Gasteiger partial charge in [0.05, 0.1) is 22.5 Å². The highest BCUT2D eigenvalue weighted by Crippen LogP contribution is 2.37. The topological polar surface area (TPSA) is 84.0 Å². The molecule has 10 rings (SSSR count). The van der Waals surface area contributed by atoms with Gasteiger partial charge in [0.2, 0.25) is 0 Å². The van der Waals surface area contributed by atoms with Gasteiger partial charge >= 0.3 is 0 Å². The molecule has 2 heterocycles. The predicted octanol–water partition coefficient (Wildman–Crippen LogP) is 9.80. The second-order valence-electron chi connectivity index (χ2n) is 13.4. The molecule has 6 heteroatoms. The summed E-state index contributed by atoms with van der Waals surface area (Å²) in [6.45, 7) is 0.799. The number of amides is 2. The van der Waals surface area contributed by atoms with E-state index in [1.54, 1.807) is 36.7 Å². The third-order valence-electron chi connectivity index (χ3n) is 10.4. The standard InChI is InChI=1S/C46H30N4O2/c51-45(49-23-33-13-11-31-9-7-27-3-1-5-29-15-19-37(33)43(31)41(27)29)35-17-21-39(47-25-35)40-22-18-36(26-48-40)46(52)50-24-34-14-12-32-10-8-28-4-2-6-30-16-20-38(34)44(32)42(28)30/h1-22,25-26H,23-24H2,(H,49,51)(H,50,52). The molecule has 6 nitrogen and oxygen atoms in total. The van der Waals surface area contributed by atoms with Gasteiger partial charge in [-0.15, -0.1) is 0 Å². The molecule has 0 unspecified atom stereocenters. The van der Waals surface area contributed by atoms with Crippen LogP contribution in [0.5, 0.6) is 0 Å². The van der Waals surface area contributed by atoms with Crippen molar-refractivity contribution in [1.82, 2.24) is 20.6 Å². The van der Waals surface area contributed by atoms with Crippen LogP contribution in [0.1, 0.15) is 31.8 Å². The Morgan fingerprint density at radius 3 is 1.15 bits per heavy atom. The highest BCUT2D eigenvalue weighted by molar-refractivity contribution is 6.24. The smallest absolute Gasteiger partial charge is 0.253 e. The lowest BCUT2D eigenvalue weighted by Gasteiger charge is -2.14. The van der Waals surface area contributed by atoms with Crippen molar-refractivity contribution < 1.29 is 9.59 Å². The summed E-state index contributed by atoms with van der Waals surface area (Å²) >= 11 is 0. The zero-order chi connectivity index (χ0) is 34.8. The number of hydrogen-bond acceptors (Lipinski definition) is 4. The molecule has 0 saturated heterocycles. The van der Waals surface area contributed by atoms with Crippen LogP contribution < -0.4 is 10.6 Å². The largest absolute Gasteiger partial charge is 0.348 e. The molecular weight excluding hydrogens is 641 g/mol. The summed E-state index contributed by atoms with van der Waals surface area (Å²) in [6.07, 6.45) is 3.13. The monoisotopic (exact) mass is 670 g/mol. The molecular formula is C46H30N4O2. The first-order chi connectivity index (χ1) is 25.6. The molecule has 0 spiro atoms. The first-order valence-electron chi connectivity index (χ1n) is 17.4. The molecule has 246 valence electrons. The van der Waals surface area contributed by atoms with Gasteiger partial charge in [-0.25, -0.2) is 0 Å². The molecule has 0 atom stereocenters. The molecule has 2 N–H and O–H groups in total. The van der Waals surface area contributed by atoms with E-state index in [1.165, 1.54) is 53.9 Å². The molecule has 0 radical (unpaired) electrons. The van der Waals surface area contributed by atoms with Crippen molar-refractivity contribution >= 4 is 76.4 Å². The van der Waals surface area contributed by atoms with Gasteiger partial charge < -0.3 is 10.6 Å². The quantitative estimate of drug-likeness (QED) is 0.165. The summed E-state index contributed by atoms with van der Waals surface area (Å²) in [5, 5.41) is 20.7. The van der Waals surface area contributed by atoms with E-state index in [0.717, 1.165) is 21.9 Å². The fourth-order valence-electron chi connectivity index (χ4n) is 7.81. The molecule has 0 aliphatic rings. The minimum atomic E-state index is -0.200. The Bertz CT molecular complexity index is 2750. The van der Waals surface area contributed by atoms with Crippen molar-refractivity contribution in [3.05, 3.63) is 168 Å². The minimum Gasteiger partial charge on any atom is -0.348 e. The van der Waals surface area contributed by atoms with E-state index in [0.29, 0.717) is 35.6 Å². The third kappa shape index (κ3) is 4.88. The fourth-order valence-corrected chi connectivity index (χ4v) is 7.81. The van der Waals surface area contributed by atoms with Gasteiger partial charge in [-0.05, 0) is 100 Å². The maximum Gasteiger partial charge on any atom is 0.253 e. The van der Waals surface area contributed by atoms with Crippen LogP contribution in [0.25, 0.3) is 76.0 Å². The summed E-state index contributed by atoms with van der Waals surface area (Å²) in [5.74, 6) is -0.399. The molecule has 2 aromatic heterocycles. The Morgan fingerprint density at radius 2 is 0.769 bits per heavy atom. The zero-order valence-corrected chi connectivity index (χ0v) is 28.0. The van der Waals surface area contributed by atoms with Crippen molar-refractivity contribution in [2.45, 2.75) is 13.1 Å². The van der Waals surface area contributed by atoms with E-state index >= 15 is 0 Å². The van der Waals surface area contributed by atoms with E-state index in [4.69, 9.17) is 0 Å². The van der Waals surface area contributed by atoms with Crippen LogP contribution in [0, 0.1) is 0 Å². The number of carbonyl (C=O) groups excluding carboxylic acids is 2. The Balaban J connectivity index is 0.813. The van der Waals surface area contributed by atoms with Gasteiger partial charge in [-0.3, -0.25) is 19.6 Å². The molecule has 8 aromatic carbocycles. The highest BCUT2D eigenvalue weighted by Gasteiger charge is 2.15. The fraction of sp³-hybridized carbons (Fsp3) is 0.0435. The molecule has 52 heavy (non-hydrogen) atoms. The number of pyridine rings is 2. The summed E-state index contributed by atoms with van der Waals surface area (Å²) < 4.78 is 0. The van der Waals surface area contributed by atoms with Gasteiger partial charge in [0.1, 0.15) is 0 Å². The van der Waals surface area contributed by atoms with E-state index in [1.807, 2.05) is 0 Å². The van der Waals surface area contributed by atoms with E-state index < -0.39 is 0 Å². The number of carbonyl (C=O) groups is 2. The maximum atomic E-state index is 13.2. The van der Waals surface area contributed by atoms with Crippen LogP contribution in [-0.2, 0) is 13.1 Å². The van der Waals surface area contributed by atoms with Gasteiger partial charge in [0.25, 0.3) is 11.8 Å². The third-order valence-corrected chi connectivity index (χ3v) is 10.4. The molecule has 2 amide bonds. The second-order valence-corrected chi connectivity index (χ2v) is 13.4. The van der Waals surface area contributed by atoms with Gasteiger partial charge in [0.15, 0.2) is 0 Å². The lowest BCUT2D eigenvalue weighted by Crippen LogP contribution is -2.23. The van der Waals surface area contributed by atoms with Crippen LogP contribution in [-0.4, -0.2) is 21.8 Å². The van der Waals surface area contributed by atoms with Crippen molar-refractivity contribution in [3.8, 4) is 11.4 Å². The molecule has 0 saturated carbocycles. The van der Waals surface area contributed by atoms with Crippen molar-refractivity contribution in [3.63, 3.8) is 0 Å². The second kappa shape index (κ2) is 11.9. The average Bonchev–Trinajstić information content (AvgIpc) is 3.20. The normalized spacial score (nSPS) is 11.8. The Labute approximate surface area is 298 Å². The molecule has 0 fully saturated rings. The van der Waals surface area contributed by atoms with Crippen molar-refractivity contribution in [1.29, 1.82) is 0 Å². The van der Waals surface area contributed by atoms with Gasteiger partial charge in [0, 0.05) is 25.5 Å². The van der Waals surface area contributed by atoms with E-state index in [2.05, 4.69) is 130 Å². The lowest BCUT2D eigenvalue weighted by atomic mass is 9.92. The maximum absolute atomic E-state index is 13.2. The molecule has 0 aliphatic carbocycles. The van der Waals surface area contributed by atoms with Crippen molar-refractivity contribution in [2.75, 3.05) is 0 Å². The van der Waals surface area contributed by atoms with Crippen LogP contribution >= 0.6 is 0 Å². The lowest BCUT2D eigenvalue weighted by molar-refractivity contribution is 0.0942. The summed E-state index contributed by atoms with van der Waals surface area (Å²) in [7, 11) is 0. The van der Waals surface area contributed by atoms with E-state index in [-0.39, 0.29) is 11.8 Å². The number of hydrogen-bond donors (Lipinski definition) is 2. The summed E-state index contributed by atoms with van der Waals surface area (Å²) in [6, 6.07) is 45.5. The summed E-state index contributed by atoms with van der Waals surface area (Å²) in [5.41, 5.74) is 4.28. The number of benzene rings is 8. The highest BCUT2D eigenvalue weighted by atomic mass is 16.2. The van der Waals surface area contributed by atoms with Crippen LogP contribution in [0.4, 0.5) is 0 Å². The average molecular weight is 671 g/mol. The SMILES string of the molecule is O=C(NCc1ccc2ccc3cccc4ccc1c2c34)c1ccc(-c2ccc(C(=O)NCc3ccc4ccc5cccc6ccc3c4c56)cn2)nc1. The Morgan fingerprint density at radius 1 is 0.404 bits per heavy atom. The van der Waals surface area contributed by atoms with Gasteiger partial charge in [-0.2, -0.15) is 0 Å². The van der Waals surface area contributed by atoms with Crippen molar-refractivity contribution in [2.24, 2.45) is 0 Å². The van der Waals surface area contributed by atoms with Gasteiger partial charge in [-0.1, -0.05) is 109 Å². The zero-order valence-electron chi connectivity index (χ0n) is 28.0. The number of rotatable bonds is 7. The van der Waals surface area contributed by atoms with Crippen LogP contribution in [0.15, 0.2) is 146 Å². The minimum absolute atomic E-state index is 0.200. The first-order valence-corrected chi connectivity index (χ1v) is 17.4. The molecule has 0 aliphatic heterocycles.